The minimum Gasteiger partial charge on any atom is -0.380 e. The molecule has 1 unspecified atom stereocenters. The van der Waals surface area contributed by atoms with Gasteiger partial charge in [-0.15, -0.1) is 0 Å². The van der Waals surface area contributed by atoms with Gasteiger partial charge in [-0.2, -0.15) is 5.10 Å². The fourth-order valence-electron chi connectivity index (χ4n) is 1.69. The van der Waals surface area contributed by atoms with Gasteiger partial charge in [0.05, 0.1) is 11.4 Å². The number of anilines is 1. The summed E-state index contributed by atoms with van der Waals surface area (Å²) in [6.07, 6.45) is 0.992. The Morgan fingerprint density at radius 3 is 2.71 bits per heavy atom. The Labute approximate surface area is 80.4 Å². The molecule has 0 radical (unpaired) electrons. The number of nitrogens with zero attached hydrogens (tertiary/aromatic N) is 1. The zero-order chi connectivity index (χ0) is 10.3. The number of rotatable bonds is 1. The van der Waals surface area contributed by atoms with E-state index in [9.17, 15) is 12.8 Å². The zero-order valence-corrected chi connectivity index (χ0v) is 8.14. The number of nitrogen functional groups attached to an aromatic ring is 1. The van der Waals surface area contributed by atoms with E-state index in [-0.39, 0.29) is 17.3 Å². The van der Waals surface area contributed by atoms with Gasteiger partial charge in [0, 0.05) is 0 Å². The van der Waals surface area contributed by atoms with Gasteiger partial charge in [-0.1, -0.05) is 0 Å². The number of H-pyrrole nitrogens is 1. The third-order valence-electron chi connectivity index (χ3n) is 2.41. The topological polar surface area (TPSA) is 88.8 Å². The van der Waals surface area contributed by atoms with Crippen molar-refractivity contribution >= 4 is 15.7 Å². The van der Waals surface area contributed by atoms with Crippen molar-refractivity contribution in [2.24, 2.45) is 0 Å². The molecule has 1 atom stereocenters. The third kappa shape index (κ3) is 1.28. The quantitative estimate of drug-likeness (QED) is 0.714. The Morgan fingerprint density at radius 2 is 2.29 bits per heavy atom. The first kappa shape index (κ1) is 9.45. The molecule has 1 aliphatic rings. The molecule has 0 saturated carbocycles. The molecule has 0 spiro atoms. The molecule has 1 aliphatic heterocycles. The second kappa shape index (κ2) is 2.94. The highest BCUT2D eigenvalue weighted by atomic mass is 32.2. The van der Waals surface area contributed by atoms with Crippen LogP contribution in [0, 0.1) is 5.82 Å². The minimum absolute atomic E-state index is 0.000000000000000222. The summed E-state index contributed by atoms with van der Waals surface area (Å²) in [6.45, 7) is 0. The Balaban J connectivity index is 2.46. The lowest BCUT2D eigenvalue weighted by molar-refractivity contribution is 0.575. The highest BCUT2D eigenvalue weighted by Crippen LogP contribution is 2.35. The van der Waals surface area contributed by atoms with Crippen LogP contribution in [-0.2, 0) is 9.84 Å². The Hall–Kier alpha value is -1.11. The molecule has 1 aromatic heterocycles. The van der Waals surface area contributed by atoms with Gasteiger partial charge in [-0.05, 0) is 12.8 Å². The zero-order valence-electron chi connectivity index (χ0n) is 7.33. The Kier molecular flexibility index (Phi) is 1.99. The maximum atomic E-state index is 13.3. The summed E-state index contributed by atoms with van der Waals surface area (Å²) >= 11 is 0. The first-order chi connectivity index (χ1) is 6.52. The summed E-state index contributed by atoms with van der Waals surface area (Å²) in [5.41, 5.74) is 5.18. The van der Waals surface area contributed by atoms with E-state index in [0.29, 0.717) is 12.8 Å². The van der Waals surface area contributed by atoms with Crippen LogP contribution in [-0.4, -0.2) is 24.4 Å². The van der Waals surface area contributed by atoms with E-state index in [2.05, 4.69) is 10.2 Å². The molecule has 0 bridgehead atoms. The number of halogens is 1. The summed E-state index contributed by atoms with van der Waals surface area (Å²) in [4.78, 5) is 0. The molecule has 14 heavy (non-hydrogen) atoms. The summed E-state index contributed by atoms with van der Waals surface area (Å²) in [6, 6.07) is 0. The molecule has 78 valence electrons. The maximum absolute atomic E-state index is 13.3. The van der Waals surface area contributed by atoms with E-state index in [1.807, 2.05) is 0 Å². The number of hydrogen-bond donors (Lipinski definition) is 2. The van der Waals surface area contributed by atoms with E-state index in [0.717, 1.165) is 0 Å². The van der Waals surface area contributed by atoms with Crippen LogP contribution in [0.15, 0.2) is 0 Å². The average Bonchev–Trinajstić information content (AvgIpc) is 2.59. The molecule has 1 aromatic rings. The van der Waals surface area contributed by atoms with Crippen molar-refractivity contribution in [3.8, 4) is 0 Å². The summed E-state index contributed by atoms with van der Waals surface area (Å²) in [7, 11) is -3.22. The van der Waals surface area contributed by atoms with Gasteiger partial charge >= 0.3 is 0 Å². The molecule has 5 nitrogen and oxygen atoms in total. The number of aromatic amines is 1. The van der Waals surface area contributed by atoms with Gasteiger partial charge in [-0.3, -0.25) is 5.10 Å². The molecular formula is C7H10FN3O2S. The molecule has 2 rings (SSSR count). The minimum atomic E-state index is -3.22. The van der Waals surface area contributed by atoms with Gasteiger partial charge < -0.3 is 5.73 Å². The van der Waals surface area contributed by atoms with Crippen molar-refractivity contribution in [2.45, 2.75) is 18.1 Å². The number of aromatic nitrogens is 2. The Bertz CT molecular complexity index is 454. The van der Waals surface area contributed by atoms with E-state index in [1.54, 1.807) is 0 Å². The summed E-state index contributed by atoms with van der Waals surface area (Å²) in [5.74, 6) is -0.904. The fraction of sp³-hybridized carbons (Fsp3) is 0.571. The van der Waals surface area contributed by atoms with Gasteiger partial charge in [0.1, 0.15) is 5.25 Å². The molecule has 2 heterocycles. The molecule has 1 fully saturated rings. The van der Waals surface area contributed by atoms with Crippen LogP contribution in [0.2, 0.25) is 0 Å². The molecule has 0 aromatic carbocycles. The fourth-order valence-corrected chi connectivity index (χ4v) is 3.58. The van der Waals surface area contributed by atoms with E-state index >= 15 is 0 Å². The lowest BCUT2D eigenvalue weighted by atomic mass is 10.2. The van der Waals surface area contributed by atoms with Crippen LogP contribution in [0.1, 0.15) is 23.8 Å². The van der Waals surface area contributed by atoms with Crippen LogP contribution in [0.3, 0.4) is 0 Å². The Morgan fingerprint density at radius 1 is 1.57 bits per heavy atom. The van der Waals surface area contributed by atoms with Crippen molar-refractivity contribution in [1.29, 1.82) is 0 Å². The largest absolute Gasteiger partial charge is 0.380 e. The van der Waals surface area contributed by atoms with E-state index < -0.39 is 20.9 Å². The van der Waals surface area contributed by atoms with Gasteiger partial charge in [0.25, 0.3) is 0 Å². The van der Waals surface area contributed by atoms with Crippen molar-refractivity contribution in [2.75, 3.05) is 11.5 Å². The van der Waals surface area contributed by atoms with Gasteiger partial charge in [0.2, 0.25) is 0 Å². The van der Waals surface area contributed by atoms with Crippen LogP contribution in [0.5, 0.6) is 0 Å². The monoisotopic (exact) mass is 219 g/mol. The smallest absolute Gasteiger partial charge is 0.189 e. The van der Waals surface area contributed by atoms with E-state index in [4.69, 9.17) is 5.73 Å². The predicted octanol–water partition coefficient (Wildman–Crippen LogP) is 0.381. The highest BCUT2D eigenvalue weighted by Gasteiger charge is 2.36. The lowest BCUT2D eigenvalue weighted by Gasteiger charge is -2.05. The average molecular weight is 219 g/mol. The molecule has 0 amide bonds. The summed E-state index contributed by atoms with van der Waals surface area (Å²) < 4.78 is 36.2. The summed E-state index contributed by atoms with van der Waals surface area (Å²) in [5, 5.41) is 4.98. The van der Waals surface area contributed by atoms with Crippen LogP contribution < -0.4 is 5.73 Å². The lowest BCUT2D eigenvalue weighted by Crippen LogP contribution is -2.09. The molecule has 3 N–H and O–H groups in total. The molecule has 7 heteroatoms. The van der Waals surface area contributed by atoms with Gasteiger partial charge in [0.15, 0.2) is 21.5 Å². The second-order valence-electron chi connectivity index (χ2n) is 3.33. The third-order valence-corrected chi connectivity index (χ3v) is 4.60. The molecule has 0 aliphatic carbocycles. The second-order valence-corrected chi connectivity index (χ2v) is 5.64. The number of hydrogen-bond acceptors (Lipinski definition) is 4. The van der Waals surface area contributed by atoms with Crippen LogP contribution in [0.25, 0.3) is 0 Å². The van der Waals surface area contributed by atoms with Crippen LogP contribution in [0.4, 0.5) is 10.2 Å². The first-order valence-corrected chi connectivity index (χ1v) is 5.94. The van der Waals surface area contributed by atoms with Crippen molar-refractivity contribution in [3.63, 3.8) is 0 Å². The van der Waals surface area contributed by atoms with Crippen LogP contribution >= 0.6 is 0 Å². The number of nitrogens with one attached hydrogen (secondary N) is 1. The highest BCUT2D eigenvalue weighted by molar-refractivity contribution is 7.91. The normalized spacial score (nSPS) is 25.4. The standard InChI is InChI=1S/C7H10FN3O2S/c8-5-6(10-11-7(5)9)4-2-1-3-14(4,12)13/h4H,1-3H2,(H3,9,10,11). The van der Waals surface area contributed by atoms with Gasteiger partial charge in [-0.25, -0.2) is 12.8 Å². The maximum Gasteiger partial charge on any atom is 0.189 e. The SMILES string of the molecule is Nc1n[nH]c(C2CCCS2(=O)=O)c1F. The van der Waals surface area contributed by atoms with E-state index in [1.165, 1.54) is 0 Å². The molecular weight excluding hydrogens is 209 g/mol. The predicted molar refractivity (Wildman–Crippen MR) is 48.7 cm³/mol. The first-order valence-electron chi connectivity index (χ1n) is 4.23. The molecule has 1 saturated heterocycles. The number of sulfone groups is 1. The van der Waals surface area contributed by atoms with Crippen molar-refractivity contribution in [3.05, 3.63) is 11.5 Å². The number of nitrogens with two attached hydrogens (primary N) is 1. The van der Waals surface area contributed by atoms with Crippen molar-refractivity contribution in [1.82, 2.24) is 10.2 Å². The van der Waals surface area contributed by atoms with Crippen molar-refractivity contribution < 1.29 is 12.8 Å².